The summed E-state index contributed by atoms with van der Waals surface area (Å²) in [7, 11) is 4.24. The molecule has 21 heavy (non-hydrogen) atoms. The van der Waals surface area contributed by atoms with Crippen LogP contribution in [-0.4, -0.2) is 43.6 Å². The Balaban J connectivity index is 1.87. The summed E-state index contributed by atoms with van der Waals surface area (Å²) >= 11 is 0. The topological polar surface area (TPSA) is 19.4 Å². The molecule has 3 nitrogen and oxygen atoms in total. The first kappa shape index (κ1) is 14.3. The fourth-order valence-electron chi connectivity index (χ4n) is 3.22. The highest BCUT2D eigenvalue weighted by Gasteiger charge is 2.24. The molecule has 112 valence electrons. The number of hydrogen-bond donors (Lipinski definition) is 0. The fraction of sp³-hybridized carbons (Fsp3) is 0.471. The lowest BCUT2D eigenvalue weighted by Crippen LogP contribution is -2.26. The fourth-order valence-corrected chi connectivity index (χ4v) is 3.22. The Labute approximate surface area is 125 Å². The van der Waals surface area contributed by atoms with E-state index in [4.69, 9.17) is 4.98 Å². The van der Waals surface area contributed by atoms with E-state index in [2.05, 4.69) is 30.0 Å². The van der Waals surface area contributed by atoms with Gasteiger partial charge in [-0.05, 0) is 63.2 Å². The van der Waals surface area contributed by atoms with Gasteiger partial charge in [0.2, 0.25) is 0 Å². The Hall–Kier alpha value is -1.68. The molecule has 1 aliphatic heterocycles. The molecule has 1 aromatic carbocycles. The number of aryl methyl sites for hydroxylation is 1. The first-order valence-corrected chi connectivity index (χ1v) is 7.49. The van der Waals surface area contributed by atoms with Crippen LogP contribution in [0.3, 0.4) is 0 Å². The largest absolute Gasteiger partial charge is 0.356 e. The smallest absolute Gasteiger partial charge is 0.129 e. The van der Waals surface area contributed by atoms with Crippen LogP contribution in [0.2, 0.25) is 0 Å². The van der Waals surface area contributed by atoms with E-state index in [0.29, 0.717) is 5.92 Å². The van der Waals surface area contributed by atoms with Gasteiger partial charge in [0, 0.05) is 25.0 Å². The summed E-state index contributed by atoms with van der Waals surface area (Å²) in [5.74, 6) is 1.52. The van der Waals surface area contributed by atoms with Gasteiger partial charge in [-0.2, -0.15) is 0 Å². The molecule has 1 saturated heterocycles. The number of rotatable bonds is 3. The molecule has 0 bridgehead atoms. The summed E-state index contributed by atoms with van der Waals surface area (Å²) in [6.45, 7) is 5.25. The maximum absolute atomic E-state index is 13.3. The van der Waals surface area contributed by atoms with Crippen LogP contribution in [0.15, 0.2) is 24.3 Å². The van der Waals surface area contributed by atoms with Crippen LogP contribution in [0, 0.1) is 18.7 Å². The molecule has 1 fully saturated rings. The van der Waals surface area contributed by atoms with Gasteiger partial charge in [0.25, 0.3) is 0 Å². The van der Waals surface area contributed by atoms with Crippen LogP contribution < -0.4 is 4.90 Å². The van der Waals surface area contributed by atoms with E-state index in [1.165, 1.54) is 12.5 Å². The van der Waals surface area contributed by atoms with Gasteiger partial charge in [-0.1, -0.05) is 0 Å². The Morgan fingerprint density at radius 1 is 1.33 bits per heavy atom. The van der Waals surface area contributed by atoms with Gasteiger partial charge < -0.3 is 9.80 Å². The number of fused-ring (bicyclic) bond motifs is 1. The molecule has 0 spiro atoms. The van der Waals surface area contributed by atoms with Crippen molar-refractivity contribution in [2.75, 3.05) is 38.6 Å². The standard InChI is InChI=1S/C17H22FN3/c1-12-8-17(19-16-5-4-14(18)9-15(12)16)21-7-6-13(11-21)10-20(2)3/h4-5,8-9,13H,6-7,10-11H2,1-3H3. The molecule has 0 N–H and O–H groups in total. The van der Waals surface area contributed by atoms with Crippen molar-refractivity contribution in [1.29, 1.82) is 0 Å². The van der Waals surface area contributed by atoms with Crippen LogP contribution in [0.4, 0.5) is 10.2 Å². The zero-order chi connectivity index (χ0) is 15.0. The van der Waals surface area contributed by atoms with Crippen LogP contribution in [-0.2, 0) is 0 Å². The predicted octanol–water partition coefficient (Wildman–Crippen LogP) is 3.07. The number of hydrogen-bond acceptors (Lipinski definition) is 3. The predicted molar refractivity (Wildman–Crippen MR) is 85.3 cm³/mol. The monoisotopic (exact) mass is 287 g/mol. The van der Waals surface area contributed by atoms with E-state index in [0.717, 1.165) is 41.9 Å². The molecule has 0 aliphatic carbocycles. The molecular formula is C17H22FN3. The summed E-state index contributed by atoms with van der Waals surface area (Å²) in [4.78, 5) is 9.32. The summed E-state index contributed by atoms with van der Waals surface area (Å²) in [6, 6.07) is 6.91. The van der Waals surface area contributed by atoms with Crippen molar-refractivity contribution in [2.24, 2.45) is 5.92 Å². The van der Waals surface area contributed by atoms with Crippen LogP contribution in [0.25, 0.3) is 10.9 Å². The molecule has 1 aromatic heterocycles. The zero-order valence-corrected chi connectivity index (χ0v) is 12.9. The average Bonchev–Trinajstić information content (AvgIpc) is 2.87. The highest BCUT2D eigenvalue weighted by Crippen LogP contribution is 2.27. The van der Waals surface area contributed by atoms with E-state index in [-0.39, 0.29) is 5.82 Å². The number of benzene rings is 1. The third kappa shape index (κ3) is 3.00. The SMILES string of the molecule is Cc1cc(N2CCC(CN(C)C)C2)nc2ccc(F)cc12. The van der Waals surface area contributed by atoms with Crippen molar-refractivity contribution in [2.45, 2.75) is 13.3 Å². The quantitative estimate of drug-likeness (QED) is 0.865. The number of aromatic nitrogens is 1. The zero-order valence-electron chi connectivity index (χ0n) is 12.9. The second kappa shape index (κ2) is 5.60. The summed E-state index contributed by atoms with van der Waals surface area (Å²) in [5.41, 5.74) is 1.97. The molecule has 1 aliphatic rings. The lowest BCUT2D eigenvalue weighted by Gasteiger charge is -2.20. The van der Waals surface area contributed by atoms with Gasteiger partial charge in [-0.25, -0.2) is 9.37 Å². The molecule has 4 heteroatoms. The minimum atomic E-state index is -0.202. The average molecular weight is 287 g/mol. The van der Waals surface area contributed by atoms with Crippen molar-refractivity contribution in [3.05, 3.63) is 35.6 Å². The molecule has 1 atom stereocenters. The van der Waals surface area contributed by atoms with Crippen molar-refractivity contribution in [3.8, 4) is 0 Å². The van der Waals surface area contributed by atoms with E-state index >= 15 is 0 Å². The second-order valence-corrected chi connectivity index (χ2v) is 6.32. The normalized spacial score (nSPS) is 18.9. The van der Waals surface area contributed by atoms with Gasteiger partial charge in [-0.3, -0.25) is 0 Å². The van der Waals surface area contributed by atoms with Gasteiger partial charge in [-0.15, -0.1) is 0 Å². The van der Waals surface area contributed by atoms with Crippen LogP contribution in [0.5, 0.6) is 0 Å². The van der Waals surface area contributed by atoms with Crippen molar-refractivity contribution in [3.63, 3.8) is 0 Å². The lowest BCUT2D eigenvalue weighted by atomic mass is 10.1. The lowest BCUT2D eigenvalue weighted by molar-refractivity contribution is 0.340. The van der Waals surface area contributed by atoms with Gasteiger partial charge in [0.05, 0.1) is 5.52 Å². The number of pyridine rings is 1. The number of halogens is 1. The minimum Gasteiger partial charge on any atom is -0.356 e. The second-order valence-electron chi connectivity index (χ2n) is 6.32. The Bertz CT molecular complexity index is 654. The number of nitrogens with zero attached hydrogens (tertiary/aromatic N) is 3. The Morgan fingerprint density at radius 3 is 2.90 bits per heavy atom. The molecule has 3 rings (SSSR count). The number of anilines is 1. The van der Waals surface area contributed by atoms with E-state index in [9.17, 15) is 4.39 Å². The molecule has 2 aromatic rings. The van der Waals surface area contributed by atoms with Crippen molar-refractivity contribution in [1.82, 2.24) is 9.88 Å². The molecule has 2 heterocycles. The molecule has 0 radical (unpaired) electrons. The summed E-state index contributed by atoms with van der Waals surface area (Å²) < 4.78 is 13.3. The summed E-state index contributed by atoms with van der Waals surface area (Å²) in [5, 5.41) is 0.905. The Morgan fingerprint density at radius 2 is 2.14 bits per heavy atom. The van der Waals surface area contributed by atoms with Crippen LogP contribution in [0.1, 0.15) is 12.0 Å². The first-order valence-electron chi connectivity index (χ1n) is 7.49. The van der Waals surface area contributed by atoms with Gasteiger partial charge in [0.1, 0.15) is 11.6 Å². The van der Waals surface area contributed by atoms with Crippen molar-refractivity contribution >= 4 is 16.7 Å². The minimum absolute atomic E-state index is 0.202. The summed E-state index contributed by atoms with van der Waals surface area (Å²) in [6.07, 6.45) is 1.21. The van der Waals surface area contributed by atoms with Crippen molar-refractivity contribution < 1.29 is 4.39 Å². The highest BCUT2D eigenvalue weighted by molar-refractivity contribution is 5.84. The maximum Gasteiger partial charge on any atom is 0.129 e. The Kier molecular flexibility index (Phi) is 3.81. The van der Waals surface area contributed by atoms with Gasteiger partial charge >= 0.3 is 0 Å². The third-order valence-electron chi connectivity index (χ3n) is 4.20. The first-order chi connectivity index (χ1) is 10.0. The van der Waals surface area contributed by atoms with Crippen LogP contribution >= 0.6 is 0 Å². The maximum atomic E-state index is 13.3. The van der Waals surface area contributed by atoms with E-state index in [1.54, 1.807) is 12.1 Å². The highest BCUT2D eigenvalue weighted by atomic mass is 19.1. The van der Waals surface area contributed by atoms with E-state index < -0.39 is 0 Å². The molecule has 1 unspecified atom stereocenters. The molecule has 0 saturated carbocycles. The van der Waals surface area contributed by atoms with Gasteiger partial charge in [0.15, 0.2) is 0 Å². The molecule has 0 amide bonds. The third-order valence-corrected chi connectivity index (χ3v) is 4.20. The van der Waals surface area contributed by atoms with E-state index in [1.807, 2.05) is 6.92 Å². The molecular weight excluding hydrogens is 265 g/mol.